The Labute approximate surface area is 102 Å². The molecule has 0 aromatic carbocycles. The molecule has 0 bridgehead atoms. The van der Waals surface area contributed by atoms with E-state index in [1.165, 1.54) is 29.4 Å². The predicted octanol–water partition coefficient (Wildman–Crippen LogP) is 4.03. The molecule has 2 heterocycles. The van der Waals surface area contributed by atoms with Gasteiger partial charge in [-0.15, -0.1) is 58.8 Å². The lowest BCUT2D eigenvalue weighted by molar-refractivity contribution is 0.960. The van der Waals surface area contributed by atoms with Crippen LogP contribution in [0.1, 0.15) is 12.8 Å². The average molecular weight is 271 g/mol. The Hall–Kier alpha value is 1.75. The molecule has 2 atom stereocenters. The van der Waals surface area contributed by atoms with E-state index in [1.807, 2.05) is 11.8 Å². The van der Waals surface area contributed by atoms with Gasteiger partial charge in [0.1, 0.15) is 3.41 Å². The van der Waals surface area contributed by atoms with Crippen LogP contribution in [-0.2, 0) is 0 Å². The zero-order chi connectivity index (χ0) is 9.15. The van der Waals surface area contributed by atoms with Crippen LogP contribution in [0.15, 0.2) is 0 Å². The Morgan fingerprint density at radius 1 is 1.46 bits per heavy atom. The molecule has 0 spiro atoms. The molecule has 0 nitrogen and oxygen atoms in total. The largest absolute Gasteiger partial charge is 0.148 e. The SMILES string of the molecule is CSC1(SCSC2CCS2)CCS1. The highest BCUT2D eigenvalue weighted by Gasteiger charge is 2.37. The van der Waals surface area contributed by atoms with Crippen LogP contribution < -0.4 is 0 Å². The molecule has 0 aromatic heterocycles. The van der Waals surface area contributed by atoms with Gasteiger partial charge in [0, 0.05) is 5.08 Å². The van der Waals surface area contributed by atoms with E-state index in [4.69, 9.17) is 0 Å². The molecule has 2 aliphatic heterocycles. The molecule has 2 fully saturated rings. The van der Waals surface area contributed by atoms with Crippen molar-refractivity contribution in [3.8, 4) is 0 Å². The van der Waals surface area contributed by atoms with Crippen molar-refractivity contribution in [3.05, 3.63) is 0 Å². The van der Waals surface area contributed by atoms with Crippen LogP contribution in [0.4, 0.5) is 0 Å². The smallest absolute Gasteiger partial charge is 0.108 e. The number of thioether (sulfide) groups is 5. The molecule has 0 amide bonds. The van der Waals surface area contributed by atoms with Crippen molar-refractivity contribution < 1.29 is 0 Å². The van der Waals surface area contributed by atoms with Crippen molar-refractivity contribution >= 4 is 58.8 Å². The second-order valence-corrected chi connectivity index (χ2v) is 10.7. The van der Waals surface area contributed by atoms with Crippen LogP contribution in [0.5, 0.6) is 0 Å². The zero-order valence-electron chi connectivity index (χ0n) is 7.65. The van der Waals surface area contributed by atoms with Crippen molar-refractivity contribution in [2.45, 2.75) is 20.8 Å². The highest BCUT2D eigenvalue weighted by atomic mass is 32.3. The normalized spacial score (nSPS) is 38.1. The van der Waals surface area contributed by atoms with Crippen LogP contribution in [0.3, 0.4) is 0 Å². The van der Waals surface area contributed by atoms with Crippen LogP contribution in [0.2, 0.25) is 0 Å². The van der Waals surface area contributed by atoms with Gasteiger partial charge in [-0.2, -0.15) is 0 Å². The van der Waals surface area contributed by atoms with Crippen molar-refractivity contribution in [2.75, 3.05) is 22.8 Å². The van der Waals surface area contributed by atoms with Crippen molar-refractivity contribution in [1.29, 1.82) is 0 Å². The zero-order valence-corrected chi connectivity index (χ0v) is 11.7. The predicted molar refractivity (Wildman–Crippen MR) is 74.2 cm³/mol. The fraction of sp³-hybridized carbons (Fsp3) is 1.00. The first-order valence-corrected chi connectivity index (χ1v) is 9.70. The third-order valence-electron chi connectivity index (χ3n) is 2.23. The maximum Gasteiger partial charge on any atom is 0.108 e. The summed E-state index contributed by atoms with van der Waals surface area (Å²) in [6.45, 7) is 0. The second-order valence-electron chi connectivity index (χ2n) is 3.00. The molecule has 0 radical (unpaired) electrons. The summed E-state index contributed by atoms with van der Waals surface area (Å²) in [5.74, 6) is 2.77. The van der Waals surface area contributed by atoms with Crippen LogP contribution in [-0.4, -0.2) is 30.8 Å². The lowest BCUT2D eigenvalue weighted by atomic mass is 10.5. The van der Waals surface area contributed by atoms with Gasteiger partial charge >= 0.3 is 0 Å². The fourth-order valence-corrected chi connectivity index (χ4v) is 8.83. The van der Waals surface area contributed by atoms with E-state index in [9.17, 15) is 0 Å². The van der Waals surface area contributed by atoms with Gasteiger partial charge in [-0.1, -0.05) is 0 Å². The van der Waals surface area contributed by atoms with Crippen molar-refractivity contribution in [3.63, 3.8) is 0 Å². The minimum Gasteiger partial charge on any atom is -0.148 e. The minimum atomic E-state index is 0.543. The van der Waals surface area contributed by atoms with Crippen LogP contribution in [0.25, 0.3) is 0 Å². The monoisotopic (exact) mass is 270 g/mol. The van der Waals surface area contributed by atoms with Gasteiger partial charge in [0.25, 0.3) is 0 Å². The summed E-state index contributed by atoms with van der Waals surface area (Å²) in [4.78, 5) is 0. The first kappa shape index (κ1) is 11.2. The molecule has 0 aliphatic carbocycles. The molecular formula is C8H14S5. The number of rotatable bonds is 5. The summed E-state index contributed by atoms with van der Waals surface area (Å²) in [7, 11) is 0. The summed E-state index contributed by atoms with van der Waals surface area (Å²) < 4.78 is 1.47. The highest BCUT2D eigenvalue weighted by molar-refractivity contribution is 8.37. The topological polar surface area (TPSA) is 0 Å². The standard InChI is InChI=1S/C8H14S5/c1-9-8(3-5-12-8)13-6-11-7-2-4-10-7/h7H,2-6H2,1H3. The maximum atomic E-state index is 2.25. The molecule has 2 unspecified atom stereocenters. The van der Waals surface area contributed by atoms with E-state index in [1.54, 1.807) is 0 Å². The van der Waals surface area contributed by atoms with E-state index in [2.05, 4.69) is 53.3 Å². The summed E-state index contributed by atoms with van der Waals surface area (Å²) in [6.07, 6.45) is 5.10. The van der Waals surface area contributed by atoms with Crippen molar-refractivity contribution in [1.82, 2.24) is 0 Å². The van der Waals surface area contributed by atoms with Gasteiger partial charge in [-0.05, 0) is 30.6 Å². The first-order valence-electron chi connectivity index (χ1n) is 4.41. The van der Waals surface area contributed by atoms with E-state index >= 15 is 0 Å². The Bertz CT molecular complexity index is 158. The third-order valence-corrected chi connectivity index (χ3v) is 10.7. The molecule has 0 aromatic rings. The molecule has 13 heavy (non-hydrogen) atoms. The van der Waals surface area contributed by atoms with Gasteiger partial charge in [0.15, 0.2) is 0 Å². The Morgan fingerprint density at radius 2 is 2.23 bits per heavy atom. The van der Waals surface area contributed by atoms with Crippen molar-refractivity contribution in [2.24, 2.45) is 0 Å². The Kier molecular flexibility index (Phi) is 4.49. The first-order chi connectivity index (χ1) is 6.35. The summed E-state index contributed by atoms with van der Waals surface area (Å²) in [5.41, 5.74) is 0. The molecule has 5 heteroatoms. The lowest BCUT2D eigenvalue weighted by Gasteiger charge is -2.39. The van der Waals surface area contributed by atoms with E-state index in [0.717, 1.165) is 4.58 Å². The molecule has 2 rings (SSSR count). The molecule has 0 saturated carbocycles. The molecular weight excluding hydrogens is 256 g/mol. The number of hydrogen-bond donors (Lipinski definition) is 0. The van der Waals surface area contributed by atoms with Gasteiger partial charge in [0.05, 0.1) is 4.58 Å². The quantitative estimate of drug-likeness (QED) is 0.690. The Morgan fingerprint density at radius 3 is 2.62 bits per heavy atom. The van der Waals surface area contributed by atoms with E-state index in [-0.39, 0.29) is 0 Å². The molecule has 76 valence electrons. The van der Waals surface area contributed by atoms with Gasteiger partial charge in [-0.25, -0.2) is 0 Å². The summed E-state index contributed by atoms with van der Waals surface area (Å²) >= 11 is 10.6. The summed E-state index contributed by atoms with van der Waals surface area (Å²) in [6, 6.07) is 0. The number of hydrogen-bond acceptors (Lipinski definition) is 5. The molecule has 2 saturated heterocycles. The summed E-state index contributed by atoms with van der Waals surface area (Å²) in [5, 5.41) is 1.30. The van der Waals surface area contributed by atoms with E-state index in [0.29, 0.717) is 3.41 Å². The average Bonchev–Trinajstić information content (AvgIpc) is 1.99. The van der Waals surface area contributed by atoms with Crippen LogP contribution >= 0.6 is 58.8 Å². The molecule has 0 N–H and O–H groups in total. The fourth-order valence-electron chi connectivity index (χ4n) is 1.15. The third kappa shape index (κ3) is 2.86. The molecule has 2 aliphatic rings. The van der Waals surface area contributed by atoms with Gasteiger partial charge in [0.2, 0.25) is 0 Å². The maximum absolute atomic E-state index is 2.25. The highest BCUT2D eigenvalue weighted by Crippen LogP contribution is 2.57. The van der Waals surface area contributed by atoms with Crippen LogP contribution in [0, 0.1) is 0 Å². The second kappa shape index (κ2) is 5.19. The lowest BCUT2D eigenvalue weighted by Crippen LogP contribution is -2.26. The van der Waals surface area contributed by atoms with E-state index < -0.39 is 0 Å². The minimum absolute atomic E-state index is 0.543. The Balaban J connectivity index is 1.60. The van der Waals surface area contributed by atoms with Gasteiger partial charge < -0.3 is 0 Å². The van der Waals surface area contributed by atoms with Gasteiger partial charge in [-0.3, -0.25) is 0 Å².